The summed E-state index contributed by atoms with van der Waals surface area (Å²) in [6.07, 6.45) is 4.68. The highest BCUT2D eigenvalue weighted by Crippen LogP contribution is 2.24. The summed E-state index contributed by atoms with van der Waals surface area (Å²) in [4.78, 5) is 21.2. The second kappa shape index (κ2) is 10.9. The molecule has 1 saturated carbocycles. The lowest BCUT2D eigenvalue weighted by Crippen LogP contribution is -2.31. The molecule has 33 heavy (non-hydrogen) atoms. The van der Waals surface area contributed by atoms with Crippen molar-refractivity contribution in [3.63, 3.8) is 0 Å². The Morgan fingerprint density at radius 3 is 2.45 bits per heavy atom. The zero-order valence-corrected chi connectivity index (χ0v) is 19.8. The number of nitrogens with zero attached hydrogens (tertiary/aromatic N) is 3. The average molecular weight is 477 g/mol. The van der Waals surface area contributed by atoms with Gasteiger partial charge in [0.05, 0.1) is 11.0 Å². The molecule has 180 valence electrons. The Labute approximate surface area is 194 Å². The smallest absolute Gasteiger partial charge is 0.260 e. The number of hydrogen-bond donors (Lipinski definition) is 4. The largest absolute Gasteiger partial charge is 0.393 e. The molecule has 0 atom stereocenters. The fourth-order valence-electron chi connectivity index (χ4n) is 3.84. The minimum atomic E-state index is -3.58. The SMILES string of the molecule is CCCN(CC)S(=O)(=O)c1ccc(NC(=O)c2cnc(N)nc2NC2CCC(O)CC2)cc1. The van der Waals surface area contributed by atoms with E-state index in [1.54, 1.807) is 19.1 Å². The number of sulfonamides is 1. The predicted octanol–water partition coefficient (Wildman–Crippen LogP) is 2.45. The number of aliphatic hydroxyl groups excluding tert-OH is 1. The molecule has 2 aromatic rings. The van der Waals surface area contributed by atoms with Crippen LogP contribution in [-0.2, 0) is 10.0 Å². The first kappa shape index (κ1) is 24.9. The first-order chi connectivity index (χ1) is 15.7. The minimum absolute atomic E-state index is 0.0482. The Hall–Kier alpha value is -2.76. The van der Waals surface area contributed by atoms with E-state index in [0.29, 0.717) is 37.4 Å². The normalized spacial score (nSPS) is 18.8. The van der Waals surface area contributed by atoms with Gasteiger partial charge >= 0.3 is 0 Å². The predicted molar refractivity (Wildman–Crippen MR) is 127 cm³/mol. The number of benzene rings is 1. The van der Waals surface area contributed by atoms with E-state index in [9.17, 15) is 18.3 Å². The molecule has 0 radical (unpaired) electrons. The van der Waals surface area contributed by atoms with Crippen molar-refractivity contribution in [3.8, 4) is 0 Å². The maximum Gasteiger partial charge on any atom is 0.260 e. The molecule has 1 aromatic carbocycles. The first-order valence-corrected chi connectivity index (χ1v) is 12.7. The highest BCUT2D eigenvalue weighted by molar-refractivity contribution is 7.89. The van der Waals surface area contributed by atoms with Gasteiger partial charge in [0.2, 0.25) is 16.0 Å². The summed E-state index contributed by atoms with van der Waals surface area (Å²) in [5, 5.41) is 15.7. The fourth-order valence-corrected chi connectivity index (χ4v) is 5.38. The third kappa shape index (κ3) is 6.18. The van der Waals surface area contributed by atoms with Gasteiger partial charge in [0.15, 0.2) is 0 Å². The number of aliphatic hydroxyl groups is 1. The fraction of sp³-hybridized carbons (Fsp3) is 0.500. The molecule has 1 fully saturated rings. The van der Waals surface area contributed by atoms with Crippen molar-refractivity contribution in [1.82, 2.24) is 14.3 Å². The Morgan fingerprint density at radius 2 is 1.85 bits per heavy atom. The van der Waals surface area contributed by atoms with Crippen LogP contribution in [0.15, 0.2) is 35.4 Å². The molecular formula is C22H32N6O4S. The van der Waals surface area contributed by atoms with E-state index in [1.165, 1.54) is 22.6 Å². The van der Waals surface area contributed by atoms with E-state index in [4.69, 9.17) is 5.73 Å². The van der Waals surface area contributed by atoms with Crippen LogP contribution in [0, 0.1) is 0 Å². The van der Waals surface area contributed by atoms with Gasteiger partial charge in [0.1, 0.15) is 11.4 Å². The maximum absolute atomic E-state index is 12.9. The van der Waals surface area contributed by atoms with Crippen molar-refractivity contribution in [1.29, 1.82) is 0 Å². The van der Waals surface area contributed by atoms with E-state index >= 15 is 0 Å². The third-order valence-corrected chi connectivity index (χ3v) is 7.65. The monoisotopic (exact) mass is 476 g/mol. The van der Waals surface area contributed by atoms with Crippen LogP contribution in [0.3, 0.4) is 0 Å². The molecule has 0 bridgehead atoms. The Morgan fingerprint density at radius 1 is 1.18 bits per heavy atom. The number of nitrogen functional groups attached to an aromatic ring is 1. The van der Waals surface area contributed by atoms with Gasteiger partial charge in [0.25, 0.3) is 5.91 Å². The molecule has 5 N–H and O–H groups in total. The molecule has 1 aliphatic rings. The summed E-state index contributed by atoms with van der Waals surface area (Å²) in [6.45, 7) is 4.57. The van der Waals surface area contributed by atoms with E-state index in [0.717, 1.165) is 19.3 Å². The average Bonchev–Trinajstić information content (AvgIpc) is 2.79. The highest BCUT2D eigenvalue weighted by atomic mass is 32.2. The van der Waals surface area contributed by atoms with Gasteiger partial charge in [0, 0.05) is 31.0 Å². The van der Waals surface area contributed by atoms with Crippen molar-refractivity contribution >= 4 is 33.4 Å². The number of hydrogen-bond acceptors (Lipinski definition) is 8. The topological polar surface area (TPSA) is 151 Å². The number of amides is 1. The van der Waals surface area contributed by atoms with Gasteiger partial charge in [-0.3, -0.25) is 4.79 Å². The summed E-state index contributed by atoms with van der Waals surface area (Å²) in [7, 11) is -3.58. The van der Waals surface area contributed by atoms with Crippen LogP contribution < -0.4 is 16.4 Å². The van der Waals surface area contributed by atoms with Crippen LogP contribution >= 0.6 is 0 Å². The number of anilines is 3. The molecule has 1 amide bonds. The molecule has 0 unspecified atom stereocenters. The quantitative estimate of drug-likeness (QED) is 0.431. The van der Waals surface area contributed by atoms with Crippen molar-refractivity contribution in [2.45, 2.75) is 63.0 Å². The van der Waals surface area contributed by atoms with Crippen LogP contribution in [0.4, 0.5) is 17.5 Å². The van der Waals surface area contributed by atoms with Crippen molar-refractivity contribution in [2.24, 2.45) is 0 Å². The number of nitrogens with two attached hydrogens (primary N) is 1. The zero-order valence-electron chi connectivity index (χ0n) is 19.0. The second-order valence-corrected chi connectivity index (χ2v) is 10.1. The van der Waals surface area contributed by atoms with Gasteiger partial charge < -0.3 is 21.5 Å². The maximum atomic E-state index is 12.9. The van der Waals surface area contributed by atoms with Gasteiger partial charge in [-0.15, -0.1) is 0 Å². The zero-order chi connectivity index (χ0) is 24.0. The van der Waals surface area contributed by atoms with Crippen molar-refractivity contribution in [3.05, 3.63) is 36.0 Å². The molecule has 10 nitrogen and oxygen atoms in total. The minimum Gasteiger partial charge on any atom is -0.393 e. The van der Waals surface area contributed by atoms with E-state index in [-0.39, 0.29) is 28.6 Å². The Kier molecular flexibility index (Phi) is 8.22. The third-order valence-electron chi connectivity index (χ3n) is 5.67. The number of carbonyl (C=O) groups excluding carboxylic acids is 1. The molecule has 1 aliphatic carbocycles. The van der Waals surface area contributed by atoms with E-state index in [1.807, 2.05) is 6.92 Å². The molecule has 0 aliphatic heterocycles. The second-order valence-electron chi connectivity index (χ2n) is 8.12. The summed E-state index contributed by atoms with van der Waals surface area (Å²) >= 11 is 0. The lowest BCUT2D eigenvalue weighted by Gasteiger charge is -2.27. The summed E-state index contributed by atoms with van der Waals surface area (Å²) < 4.78 is 27.0. The highest BCUT2D eigenvalue weighted by Gasteiger charge is 2.24. The number of nitrogens with one attached hydrogen (secondary N) is 2. The lowest BCUT2D eigenvalue weighted by atomic mass is 9.93. The summed E-state index contributed by atoms with van der Waals surface area (Å²) in [6, 6.07) is 6.14. The van der Waals surface area contributed by atoms with Gasteiger partial charge in [-0.2, -0.15) is 9.29 Å². The summed E-state index contributed by atoms with van der Waals surface area (Å²) in [5.74, 6) is -0.0594. The van der Waals surface area contributed by atoms with E-state index in [2.05, 4.69) is 20.6 Å². The molecule has 1 aromatic heterocycles. The van der Waals surface area contributed by atoms with Crippen LogP contribution in [0.1, 0.15) is 56.3 Å². The van der Waals surface area contributed by atoms with Crippen molar-refractivity contribution in [2.75, 3.05) is 29.5 Å². The molecule has 1 heterocycles. The number of rotatable bonds is 9. The van der Waals surface area contributed by atoms with E-state index < -0.39 is 15.9 Å². The standard InChI is InChI=1S/C22H32N6O4S/c1-3-13-28(4-2)33(31,32)18-11-7-16(8-12-18)26-21(30)19-14-24-22(23)27-20(19)25-15-5-9-17(29)10-6-15/h7-8,11-12,14-15,17,29H,3-6,9-10,13H2,1-2H3,(H,26,30)(H3,23,24,25,27). The summed E-state index contributed by atoms with van der Waals surface area (Å²) in [5.41, 5.74) is 6.40. The number of aromatic nitrogens is 2. The van der Waals surface area contributed by atoms with Gasteiger partial charge in [-0.05, 0) is 56.4 Å². The van der Waals surface area contributed by atoms with Crippen LogP contribution in [-0.4, -0.2) is 58.9 Å². The molecular weight excluding hydrogens is 444 g/mol. The van der Waals surface area contributed by atoms with Crippen LogP contribution in [0.5, 0.6) is 0 Å². The van der Waals surface area contributed by atoms with Gasteiger partial charge in [-0.25, -0.2) is 13.4 Å². The van der Waals surface area contributed by atoms with Crippen molar-refractivity contribution < 1.29 is 18.3 Å². The molecule has 0 spiro atoms. The van der Waals surface area contributed by atoms with Crippen LogP contribution in [0.25, 0.3) is 0 Å². The molecule has 11 heteroatoms. The lowest BCUT2D eigenvalue weighted by molar-refractivity contribution is 0.102. The Balaban J connectivity index is 1.74. The number of carbonyl (C=O) groups is 1. The van der Waals surface area contributed by atoms with Crippen LogP contribution in [0.2, 0.25) is 0 Å². The molecule has 3 rings (SSSR count). The first-order valence-electron chi connectivity index (χ1n) is 11.2. The van der Waals surface area contributed by atoms with Gasteiger partial charge in [-0.1, -0.05) is 13.8 Å². The Bertz CT molecular complexity index is 1050. The molecule has 0 saturated heterocycles.